The van der Waals surface area contributed by atoms with Crippen LogP contribution >= 0.6 is 0 Å². The average molecular weight is 504 g/mol. The molecule has 0 radical (unpaired) electrons. The molecule has 0 aliphatic carbocycles. The largest absolute Gasteiger partial charge is 0.481 e. The molecule has 0 bridgehead atoms. The Labute approximate surface area is 216 Å². The molecule has 0 rings (SSSR count). The number of aliphatic carboxylic acids is 1. The molecule has 218 valence electrons. The molecule has 0 saturated carbocycles. The summed E-state index contributed by atoms with van der Waals surface area (Å²) >= 11 is 0. The summed E-state index contributed by atoms with van der Waals surface area (Å²) in [6.45, 7) is 10.8. The summed E-state index contributed by atoms with van der Waals surface area (Å²) in [6.07, 6.45) is 4.04. The molecule has 8 heteroatoms. The third kappa shape index (κ3) is 63.2. The first-order valence-electron chi connectivity index (χ1n) is 10.3. The number of carbonyl (C=O) groups excluding carboxylic acids is 1. The minimum absolute atomic E-state index is 0. The highest BCUT2D eigenvalue weighted by atomic mass is 16.5. The number of carbonyl (C=O) groups is 2. The van der Waals surface area contributed by atoms with E-state index in [-0.39, 0.29) is 70.2 Å². The van der Waals surface area contributed by atoms with Crippen LogP contribution in [0.4, 0.5) is 0 Å². The maximum atomic E-state index is 11.0. The Balaban J connectivity index is -0.0000000387. The Morgan fingerprint density at radius 3 is 1.44 bits per heavy atom. The molecule has 0 amide bonds. The molecule has 0 aromatic heterocycles. The number of esters is 1. The zero-order chi connectivity index (χ0) is 22.2. The fourth-order valence-corrected chi connectivity index (χ4v) is 2.04. The fourth-order valence-electron chi connectivity index (χ4n) is 2.04. The summed E-state index contributed by atoms with van der Waals surface area (Å²) in [6, 6.07) is 0. The molecular formula is C26H69N3O5. The number of hydrogen-bond acceptors (Lipinski definition) is 7. The molecule has 0 aliphatic rings. The average Bonchev–Trinajstić information content (AvgIpc) is 2.65. The van der Waals surface area contributed by atoms with Gasteiger partial charge < -0.3 is 30.1 Å². The molecule has 0 aliphatic heterocycles. The van der Waals surface area contributed by atoms with Gasteiger partial charge in [-0.15, -0.1) is 0 Å². The summed E-state index contributed by atoms with van der Waals surface area (Å²) in [5, 5.41) is 19.7. The van der Waals surface area contributed by atoms with Gasteiger partial charge in [0.2, 0.25) is 0 Å². The number of carboxylic acid groups (broad SMARTS) is 1. The van der Waals surface area contributed by atoms with E-state index < -0.39 is 5.97 Å². The van der Waals surface area contributed by atoms with Crippen LogP contribution in [0, 0.1) is 0 Å². The van der Waals surface area contributed by atoms with E-state index in [0.717, 1.165) is 39.0 Å². The molecule has 0 atom stereocenters. The van der Waals surface area contributed by atoms with Gasteiger partial charge in [-0.2, -0.15) is 0 Å². The summed E-state index contributed by atoms with van der Waals surface area (Å²) < 4.78 is 4.70. The second-order valence-corrected chi connectivity index (χ2v) is 6.55. The topological polar surface area (TPSA) is 102 Å². The number of ether oxygens (including phenoxy) is 1. The molecule has 0 saturated heterocycles. The predicted molar refractivity (Wildman–Crippen MR) is 155 cm³/mol. The van der Waals surface area contributed by atoms with Gasteiger partial charge in [0.15, 0.2) is 0 Å². The number of hydrogen-bond donors (Lipinski definition) is 3. The van der Waals surface area contributed by atoms with Crippen LogP contribution in [0.25, 0.3) is 0 Å². The third-order valence-electron chi connectivity index (χ3n) is 3.47. The summed E-state index contributed by atoms with van der Waals surface area (Å²) in [5.41, 5.74) is 0. The van der Waals surface area contributed by atoms with Gasteiger partial charge in [-0.1, -0.05) is 65.3 Å². The van der Waals surface area contributed by atoms with E-state index in [1.165, 1.54) is 6.42 Å². The standard InChI is InChI=1S/C9H19NO3.C7H15NO2.C4H11N.6CH4/c1-3-5-10(2)6-4-9(12)13-8-7-11;1-3-5-8(2)6-4-7(9)10;1-3-4-5-2;;;;;;/h11H,3-8H2,1-2H3;3-6H2,1-2H3,(H,9,10);5H,3-4H2,1-2H3;6*1H4. The van der Waals surface area contributed by atoms with Crippen molar-refractivity contribution in [2.24, 2.45) is 0 Å². The molecule has 0 aromatic carbocycles. The highest BCUT2D eigenvalue weighted by Gasteiger charge is 2.04. The van der Waals surface area contributed by atoms with Crippen LogP contribution < -0.4 is 5.32 Å². The number of nitrogens with zero attached hydrogens (tertiary/aromatic N) is 2. The Morgan fingerprint density at radius 1 is 0.765 bits per heavy atom. The lowest BCUT2D eigenvalue weighted by Gasteiger charge is -2.14. The van der Waals surface area contributed by atoms with Crippen molar-refractivity contribution in [3.05, 3.63) is 0 Å². The monoisotopic (exact) mass is 504 g/mol. The van der Waals surface area contributed by atoms with Gasteiger partial charge in [-0.25, -0.2) is 0 Å². The summed E-state index contributed by atoms with van der Waals surface area (Å²) in [4.78, 5) is 25.1. The Bertz CT molecular complexity index is 344. The number of aliphatic hydroxyl groups excluding tert-OH is 1. The molecule has 0 aromatic rings. The molecular weight excluding hydrogens is 434 g/mol. The van der Waals surface area contributed by atoms with Crippen molar-refractivity contribution >= 4 is 11.9 Å². The molecule has 0 spiro atoms. The highest BCUT2D eigenvalue weighted by Crippen LogP contribution is 1.92. The van der Waals surface area contributed by atoms with Gasteiger partial charge in [-0.05, 0) is 60.0 Å². The van der Waals surface area contributed by atoms with Crippen LogP contribution in [0.5, 0.6) is 0 Å². The van der Waals surface area contributed by atoms with Crippen LogP contribution in [0.3, 0.4) is 0 Å². The predicted octanol–water partition coefficient (Wildman–Crippen LogP) is 5.49. The summed E-state index contributed by atoms with van der Waals surface area (Å²) in [7, 11) is 5.87. The van der Waals surface area contributed by atoms with E-state index in [9.17, 15) is 9.59 Å². The van der Waals surface area contributed by atoms with Crippen LogP contribution in [0.1, 0.15) is 97.4 Å². The highest BCUT2D eigenvalue weighted by molar-refractivity contribution is 5.69. The van der Waals surface area contributed by atoms with Gasteiger partial charge in [0.05, 0.1) is 19.4 Å². The lowest BCUT2D eigenvalue weighted by Crippen LogP contribution is -2.23. The van der Waals surface area contributed by atoms with Crippen molar-refractivity contribution in [2.45, 2.75) is 97.4 Å². The SMILES string of the molecule is C.C.C.C.C.C.CCCN(C)CCC(=O)O.CCCN(C)CCC(=O)OCCO.CCCNC. The lowest BCUT2D eigenvalue weighted by molar-refractivity contribution is -0.145. The maximum Gasteiger partial charge on any atom is 0.307 e. The first kappa shape index (κ1) is 58.5. The third-order valence-corrected chi connectivity index (χ3v) is 3.47. The van der Waals surface area contributed by atoms with Gasteiger partial charge in [0.1, 0.15) is 6.61 Å². The number of aliphatic hydroxyl groups is 1. The number of nitrogens with one attached hydrogen (secondary N) is 1. The second-order valence-electron chi connectivity index (χ2n) is 6.55. The van der Waals surface area contributed by atoms with Gasteiger partial charge >= 0.3 is 11.9 Å². The fraction of sp³-hybridized carbons (Fsp3) is 0.923. The zero-order valence-corrected chi connectivity index (χ0v) is 19.0. The van der Waals surface area contributed by atoms with Crippen molar-refractivity contribution < 1.29 is 24.5 Å². The minimum Gasteiger partial charge on any atom is -0.481 e. The quantitative estimate of drug-likeness (QED) is 0.267. The van der Waals surface area contributed by atoms with Crippen molar-refractivity contribution in [3.63, 3.8) is 0 Å². The van der Waals surface area contributed by atoms with Crippen molar-refractivity contribution in [2.75, 3.05) is 67.1 Å². The smallest absolute Gasteiger partial charge is 0.307 e. The van der Waals surface area contributed by atoms with Gasteiger partial charge in [0, 0.05) is 13.1 Å². The van der Waals surface area contributed by atoms with E-state index in [1.807, 2.05) is 26.0 Å². The minimum atomic E-state index is -0.719. The van der Waals surface area contributed by atoms with E-state index in [2.05, 4.69) is 31.0 Å². The molecule has 0 fully saturated rings. The summed E-state index contributed by atoms with van der Waals surface area (Å²) in [5.74, 6) is -0.958. The van der Waals surface area contributed by atoms with Gasteiger partial charge in [-0.3, -0.25) is 9.59 Å². The molecule has 8 nitrogen and oxygen atoms in total. The van der Waals surface area contributed by atoms with Crippen molar-refractivity contribution in [1.82, 2.24) is 15.1 Å². The lowest BCUT2D eigenvalue weighted by atomic mass is 10.3. The Morgan fingerprint density at radius 2 is 1.18 bits per heavy atom. The van der Waals surface area contributed by atoms with Crippen molar-refractivity contribution in [1.29, 1.82) is 0 Å². The first-order valence-corrected chi connectivity index (χ1v) is 10.3. The normalized spacial score (nSPS) is 8.26. The number of rotatable bonds is 14. The maximum absolute atomic E-state index is 11.0. The first-order chi connectivity index (χ1) is 13.3. The van der Waals surface area contributed by atoms with Crippen molar-refractivity contribution in [3.8, 4) is 0 Å². The number of carboxylic acids is 1. The van der Waals surface area contributed by atoms with Gasteiger partial charge in [0.25, 0.3) is 0 Å². The molecule has 0 heterocycles. The van der Waals surface area contributed by atoms with Crippen LogP contribution in [-0.4, -0.2) is 99.0 Å². The molecule has 0 unspecified atom stereocenters. The second kappa shape index (κ2) is 49.0. The van der Waals surface area contributed by atoms with E-state index in [1.54, 1.807) is 0 Å². The van der Waals surface area contributed by atoms with Crippen LogP contribution in [-0.2, 0) is 14.3 Å². The van der Waals surface area contributed by atoms with E-state index in [4.69, 9.17) is 14.9 Å². The van der Waals surface area contributed by atoms with Crippen LogP contribution in [0.15, 0.2) is 0 Å². The zero-order valence-electron chi connectivity index (χ0n) is 19.0. The van der Waals surface area contributed by atoms with E-state index >= 15 is 0 Å². The Hall–Kier alpha value is -1.22. The molecule has 3 N–H and O–H groups in total. The van der Waals surface area contributed by atoms with E-state index in [0.29, 0.717) is 13.0 Å². The van der Waals surface area contributed by atoms with Crippen LogP contribution in [0.2, 0.25) is 0 Å². The molecule has 34 heavy (non-hydrogen) atoms. The Kier molecular flexibility index (Phi) is 84.4.